The fourth-order valence-corrected chi connectivity index (χ4v) is 1.82. The number of rotatable bonds is 8. The Balaban J connectivity index is 2.82. The molecule has 0 heterocycles. The van der Waals surface area contributed by atoms with Crippen LogP contribution in [0.2, 0.25) is 0 Å². The number of alkyl halides is 2. The minimum Gasteiger partial charge on any atom is -0.493 e. The molecule has 0 aliphatic rings. The smallest absolute Gasteiger partial charge is 0.387 e. The first-order valence-electron chi connectivity index (χ1n) is 7.60. The molecule has 0 unspecified atom stereocenters. The van der Waals surface area contributed by atoms with Crippen LogP contribution >= 0.6 is 0 Å². The zero-order chi connectivity index (χ0) is 17.2. The molecular weight excluding hydrogens is 304 g/mol. The summed E-state index contributed by atoms with van der Waals surface area (Å²) in [6.45, 7) is 5.18. The average Bonchev–Trinajstić information content (AvgIpc) is 2.49. The largest absolute Gasteiger partial charge is 0.493 e. The Bertz CT molecular complexity index is 508. The van der Waals surface area contributed by atoms with Gasteiger partial charge in [0.25, 0.3) is 0 Å². The average molecular weight is 329 g/mol. The van der Waals surface area contributed by atoms with Crippen molar-refractivity contribution in [2.75, 3.05) is 20.2 Å². The summed E-state index contributed by atoms with van der Waals surface area (Å²) >= 11 is 0. The van der Waals surface area contributed by atoms with Crippen molar-refractivity contribution in [3.8, 4) is 11.5 Å². The Morgan fingerprint density at radius 2 is 1.96 bits per heavy atom. The van der Waals surface area contributed by atoms with Gasteiger partial charge in [-0.15, -0.1) is 0 Å². The number of nitrogens with one attached hydrogen (secondary N) is 2. The van der Waals surface area contributed by atoms with E-state index < -0.39 is 6.61 Å². The maximum atomic E-state index is 12.4. The van der Waals surface area contributed by atoms with Crippen molar-refractivity contribution < 1.29 is 18.3 Å². The lowest BCUT2D eigenvalue weighted by atomic mass is 10.2. The van der Waals surface area contributed by atoms with Crippen molar-refractivity contribution in [3.63, 3.8) is 0 Å². The number of aliphatic imine (C=N–C) groups is 1. The van der Waals surface area contributed by atoms with Crippen LogP contribution in [0, 0.1) is 5.92 Å². The van der Waals surface area contributed by atoms with E-state index in [1.807, 2.05) is 6.92 Å². The first kappa shape index (κ1) is 19.0. The maximum absolute atomic E-state index is 12.4. The summed E-state index contributed by atoms with van der Waals surface area (Å²) < 4.78 is 34.4. The van der Waals surface area contributed by atoms with E-state index >= 15 is 0 Å². The second-order valence-corrected chi connectivity index (χ2v) is 5.33. The van der Waals surface area contributed by atoms with Crippen LogP contribution in [0.4, 0.5) is 8.78 Å². The molecule has 0 aromatic heterocycles. The number of nitrogens with zero attached hydrogens (tertiary/aromatic N) is 1. The van der Waals surface area contributed by atoms with E-state index in [0.29, 0.717) is 18.4 Å². The number of ether oxygens (including phenoxy) is 2. The molecule has 0 saturated carbocycles. The Labute approximate surface area is 136 Å². The van der Waals surface area contributed by atoms with Gasteiger partial charge in [-0.1, -0.05) is 19.9 Å². The van der Waals surface area contributed by atoms with Gasteiger partial charge in [-0.2, -0.15) is 8.78 Å². The van der Waals surface area contributed by atoms with Crippen molar-refractivity contribution >= 4 is 5.96 Å². The van der Waals surface area contributed by atoms with Gasteiger partial charge in [-0.3, -0.25) is 0 Å². The van der Waals surface area contributed by atoms with Crippen LogP contribution < -0.4 is 20.1 Å². The maximum Gasteiger partial charge on any atom is 0.387 e. The predicted octanol–water partition coefficient (Wildman–Crippen LogP) is 3.01. The van der Waals surface area contributed by atoms with Crippen LogP contribution in [0.5, 0.6) is 11.5 Å². The van der Waals surface area contributed by atoms with Gasteiger partial charge in [-0.25, -0.2) is 4.99 Å². The lowest BCUT2D eigenvalue weighted by Gasteiger charge is -2.14. The van der Waals surface area contributed by atoms with Crippen LogP contribution in [0.1, 0.15) is 26.3 Å². The highest BCUT2D eigenvalue weighted by atomic mass is 19.3. The molecule has 0 bridgehead atoms. The molecule has 2 N–H and O–H groups in total. The van der Waals surface area contributed by atoms with Gasteiger partial charge in [-0.05, 0) is 30.5 Å². The molecule has 7 heteroatoms. The van der Waals surface area contributed by atoms with Gasteiger partial charge in [0.05, 0.1) is 13.7 Å². The standard InChI is InChI=1S/C16H25F2N3O2/c1-5-19-16(20-9-11(2)3)21-10-12-6-7-13(22-4)14(8-12)23-15(17)18/h6-8,11,15H,5,9-10H2,1-4H3,(H2,19,20,21). The second kappa shape index (κ2) is 9.86. The number of guanidine groups is 1. The molecule has 0 aliphatic heterocycles. The van der Waals surface area contributed by atoms with Gasteiger partial charge in [0, 0.05) is 13.1 Å². The summed E-state index contributed by atoms with van der Waals surface area (Å²) in [6, 6.07) is 4.88. The van der Waals surface area contributed by atoms with E-state index in [2.05, 4.69) is 34.2 Å². The molecule has 0 amide bonds. The molecule has 0 spiro atoms. The summed E-state index contributed by atoms with van der Waals surface area (Å²) in [5.41, 5.74) is 0.753. The van der Waals surface area contributed by atoms with E-state index in [1.54, 1.807) is 12.1 Å². The summed E-state index contributed by atoms with van der Waals surface area (Å²) in [7, 11) is 1.41. The zero-order valence-electron chi connectivity index (χ0n) is 14.0. The number of hydrogen-bond donors (Lipinski definition) is 2. The number of hydrogen-bond acceptors (Lipinski definition) is 3. The summed E-state index contributed by atoms with van der Waals surface area (Å²) in [5, 5.41) is 6.36. The van der Waals surface area contributed by atoms with Crippen molar-refractivity contribution in [1.29, 1.82) is 0 Å². The van der Waals surface area contributed by atoms with Gasteiger partial charge in [0.15, 0.2) is 17.5 Å². The van der Waals surface area contributed by atoms with E-state index in [1.165, 1.54) is 13.2 Å². The summed E-state index contributed by atoms with van der Waals surface area (Å²) in [4.78, 5) is 4.44. The second-order valence-electron chi connectivity index (χ2n) is 5.33. The van der Waals surface area contributed by atoms with Gasteiger partial charge in [0.1, 0.15) is 0 Å². The highest BCUT2D eigenvalue weighted by molar-refractivity contribution is 5.79. The first-order valence-corrected chi connectivity index (χ1v) is 7.60. The quantitative estimate of drug-likeness (QED) is 0.569. The fraction of sp³-hybridized carbons (Fsp3) is 0.562. The molecular formula is C16H25F2N3O2. The lowest BCUT2D eigenvalue weighted by molar-refractivity contribution is -0.0512. The first-order chi connectivity index (χ1) is 11.0. The summed E-state index contributed by atoms with van der Waals surface area (Å²) in [5.74, 6) is 1.46. The minimum atomic E-state index is -2.90. The van der Waals surface area contributed by atoms with Crippen molar-refractivity contribution in [2.45, 2.75) is 33.9 Å². The van der Waals surface area contributed by atoms with Crippen LogP contribution in [-0.2, 0) is 6.54 Å². The Morgan fingerprint density at radius 1 is 1.22 bits per heavy atom. The van der Waals surface area contributed by atoms with E-state index in [-0.39, 0.29) is 11.5 Å². The van der Waals surface area contributed by atoms with Crippen LogP contribution in [0.15, 0.2) is 23.2 Å². The minimum absolute atomic E-state index is 0.00957. The van der Waals surface area contributed by atoms with Crippen molar-refractivity contribution in [3.05, 3.63) is 23.8 Å². The molecule has 5 nitrogen and oxygen atoms in total. The van der Waals surface area contributed by atoms with E-state index in [9.17, 15) is 8.78 Å². The monoisotopic (exact) mass is 329 g/mol. The highest BCUT2D eigenvalue weighted by Gasteiger charge is 2.11. The third kappa shape index (κ3) is 7.17. The molecule has 1 rings (SSSR count). The van der Waals surface area contributed by atoms with Gasteiger partial charge in [0.2, 0.25) is 0 Å². The SMILES string of the molecule is CCNC(=NCc1ccc(OC)c(OC(F)F)c1)NCC(C)C. The molecule has 1 aromatic carbocycles. The molecule has 0 aliphatic carbocycles. The summed E-state index contributed by atoms with van der Waals surface area (Å²) in [6.07, 6.45) is 0. The molecule has 0 fully saturated rings. The van der Waals surface area contributed by atoms with Crippen molar-refractivity contribution in [1.82, 2.24) is 10.6 Å². The molecule has 130 valence electrons. The molecule has 1 aromatic rings. The van der Waals surface area contributed by atoms with Crippen LogP contribution in [-0.4, -0.2) is 32.8 Å². The topological polar surface area (TPSA) is 54.9 Å². The van der Waals surface area contributed by atoms with Crippen molar-refractivity contribution in [2.24, 2.45) is 10.9 Å². The number of methoxy groups -OCH3 is 1. The number of benzene rings is 1. The Hall–Kier alpha value is -2.05. The fourth-order valence-electron chi connectivity index (χ4n) is 1.82. The Kier molecular flexibility index (Phi) is 8.15. The van der Waals surface area contributed by atoms with Gasteiger partial charge < -0.3 is 20.1 Å². The third-order valence-corrected chi connectivity index (χ3v) is 2.89. The van der Waals surface area contributed by atoms with Gasteiger partial charge >= 0.3 is 6.61 Å². The van der Waals surface area contributed by atoms with Crippen LogP contribution in [0.25, 0.3) is 0 Å². The van der Waals surface area contributed by atoms with Crippen LogP contribution in [0.3, 0.4) is 0 Å². The highest BCUT2D eigenvalue weighted by Crippen LogP contribution is 2.29. The van der Waals surface area contributed by atoms with E-state index in [0.717, 1.165) is 18.7 Å². The lowest BCUT2D eigenvalue weighted by Crippen LogP contribution is -2.39. The third-order valence-electron chi connectivity index (χ3n) is 2.89. The molecule has 0 saturated heterocycles. The predicted molar refractivity (Wildman–Crippen MR) is 87.3 cm³/mol. The zero-order valence-corrected chi connectivity index (χ0v) is 14.0. The number of halogens is 2. The Morgan fingerprint density at radius 3 is 2.52 bits per heavy atom. The molecule has 0 radical (unpaired) electrons. The molecule has 0 atom stereocenters. The normalized spacial score (nSPS) is 11.7. The molecule has 23 heavy (non-hydrogen) atoms. The van der Waals surface area contributed by atoms with E-state index in [4.69, 9.17) is 4.74 Å².